The molecule has 1 aromatic rings. The number of rotatable bonds is 5. The maximum absolute atomic E-state index is 13.2. The van der Waals surface area contributed by atoms with Gasteiger partial charge in [-0.3, -0.25) is 4.79 Å². The maximum Gasteiger partial charge on any atom is 0.418 e. The van der Waals surface area contributed by atoms with Crippen molar-refractivity contribution in [3.8, 4) is 12.3 Å². The van der Waals surface area contributed by atoms with E-state index < -0.39 is 35.9 Å². The van der Waals surface area contributed by atoms with Crippen molar-refractivity contribution in [2.24, 2.45) is 5.73 Å². The molecule has 0 aliphatic carbocycles. The van der Waals surface area contributed by atoms with Gasteiger partial charge in [-0.05, 0) is 30.4 Å². The second-order valence-electron chi connectivity index (χ2n) is 6.38. The largest absolute Gasteiger partial charge is 0.418 e. The molecule has 0 bridgehead atoms. The predicted molar refractivity (Wildman–Crippen MR) is 81.8 cm³/mol. The Bertz CT molecular complexity index is 644. The third kappa shape index (κ3) is 4.05. The molecule has 0 aliphatic rings. The average Bonchev–Trinajstić information content (AvgIpc) is 2.36. The summed E-state index contributed by atoms with van der Waals surface area (Å²) in [6, 6.07) is 4.76. The molecule has 1 amide bonds. The van der Waals surface area contributed by atoms with Crippen molar-refractivity contribution in [2.45, 2.75) is 50.8 Å². The standard InChI is InChI=1S/C17H20F3NO2/c1-5-8-16(23,17(18,19)20)10-15(3,4)13-7-6-11(2)9-12(13)14(21)22/h1,6-7,9,23H,8,10H2,2-4H3,(H2,21,22). The summed E-state index contributed by atoms with van der Waals surface area (Å²) in [5.74, 6) is 1.14. The highest BCUT2D eigenvalue weighted by atomic mass is 19.4. The van der Waals surface area contributed by atoms with E-state index in [0.717, 1.165) is 5.56 Å². The molecule has 1 rings (SSSR count). The molecule has 3 nitrogen and oxygen atoms in total. The molecule has 0 aliphatic heterocycles. The number of carbonyl (C=O) groups excluding carboxylic acids is 1. The van der Waals surface area contributed by atoms with Gasteiger partial charge in [0.2, 0.25) is 5.91 Å². The molecule has 0 radical (unpaired) electrons. The van der Waals surface area contributed by atoms with Crippen LogP contribution in [0.15, 0.2) is 18.2 Å². The minimum atomic E-state index is -4.88. The van der Waals surface area contributed by atoms with Gasteiger partial charge < -0.3 is 10.8 Å². The van der Waals surface area contributed by atoms with Crippen molar-refractivity contribution in [3.63, 3.8) is 0 Å². The van der Waals surface area contributed by atoms with Crippen LogP contribution in [0.4, 0.5) is 13.2 Å². The van der Waals surface area contributed by atoms with Crippen LogP contribution >= 0.6 is 0 Å². The molecule has 0 saturated heterocycles. The molecule has 3 N–H and O–H groups in total. The molecule has 126 valence electrons. The van der Waals surface area contributed by atoms with E-state index in [1.165, 1.54) is 19.9 Å². The number of benzene rings is 1. The number of aliphatic hydroxyl groups is 1. The van der Waals surface area contributed by atoms with Gasteiger partial charge in [0.25, 0.3) is 0 Å². The van der Waals surface area contributed by atoms with Gasteiger partial charge in [0.15, 0.2) is 5.60 Å². The number of primary amides is 1. The minimum Gasteiger partial charge on any atom is -0.380 e. The smallest absolute Gasteiger partial charge is 0.380 e. The van der Waals surface area contributed by atoms with E-state index >= 15 is 0 Å². The Balaban J connectivity index is 3.37. The van der Waals surface area contributed by atoms with E-state index in [1.807, 2.05) is 5.92 Å². The quantitative estimate of drug-likeness (QED) is 0.816. The lowest BCUT2D eigenvalue weighted by molar-refractivity contribution is -0.264. The molecule has 0 fully saturated rings. The van der Waals surface area contributed by atoms with Crippen LogP contribution in [0.5, 0.6) is 0 Å². The van der Waals surface area contributed by atoms with Gasteiger partial charge >= 0.3 is 6.18 Å². The van der Waals surface area contributed by atoms with E-state index in [9.17, 15) is 23.1 Å². The van der Waals surface area contributed by atoms with Crippen molar-refractivity contribution in [1.82, 2.24) is 0 Å². The van der Waals surface area contributed by atoms with Gasteiger partial charge in [0.1, 0.15) is 0 Å². The Hall–Kier alpha value is -2.00. The molecule has 0 spiro atoms. The van der Waals surface area contributed by atoms with Gasteiger partial charge in [0.05, 0.1) is 0 Å². The Morgan fingerprint density at radius 1 is 1.35 bits per heavy atom. The normalized spacial score (nSPS) is 14.9. The number of aryl methyl sites for hydroxylation is 1. The molecular weight excluding hydrogens is 307 g/mol. The Kier molecular flexibility index (Phi) is 5.17. The van der Waals surface area contributed by atoms with Crippen LogP contribution in [0.3, 0.4) is 0 Å². The number of terminal acetylenes is 1. The fourth-order valence-electron chi connectivity index (χ4n) is 2.71. The SMILES string of the molecule is C#CCC(O)(CC(C)(C)c1ccc(C)cc1C(N)=O)C(F)(F)F. The number of nitrogens with two attached hydrogens (primary N) is 1. The van der Waals surface area contributed by atoms with Crippen LogP contribution in [0.2, 0.25) is 0 Å². The first-order valence-corrected chi connectivity index (χ1v) is 6.97. The molecule has 1 aromatic carbocycles. The summed E-state index contributed by atoms with van der Waals surface area (Å²) < 4.78 is 39.7. The van der Waals surface area contributed by atoms with Crippen molar-refractivity contribution >= 4 is 5.91 Å². The van der Waals surface area contributed by atoms with Gasteiger partial charge in [-0.1, -0.05) is 31.5 Å². The summed E-state index contributed by atoms with van der Waals surface area (Å²) in [7, 11) is 0. The van der Waals surface area contributed by atoms with Gasteiger partial charge in [-0.15, -0.1) is 12.3 Å². The lowest BCUT2D eigenvalue weighted by atomic mass is 9.72. The Labute approximate surface area is 133 Å². The zero-order chi connectivity index (χ0) is 18.1. The van der Waals surface area contributed by atoms with E-state index in [1.54, 1.807) is 19.1 Å². The van der Waals surface area contributed by atoms with Crippen molar-refractivity contribution < 1.29 is 23.1 Å². The number of hydrogen-bond acceptors (Lipinski definition) is 2. The summed E-state index contributed by atoms with van der Waals surface area (Å²) >= 11 is 0. The van der Waals surface area contributed by atoms with Crippen LogP contribution < -0.4 is 5.73 Å². The molecule has 1 unspecified atom stereocenters. The zero-order valence-electron chi connectivity index (χ0n) is 13.3. The molecule has 23 heavy (non-hydrogen) atoms. The number of halogens is 3. The highest BCUT2D eigenvalue weighted by Gasteiger charge is 2.55. The minimum absolute atomic E-state index is 0.139. The average molecular weight is 327 g/mol. The fourth-order valence-corrected chi connectivity index (χ4v) is 2.71. The van der Waals surface area contributed by atoms with Crippen LogP contribution in [-0.4, -0.2) is 22.8 Å². The molecule has 1 atom stereocenters. The first kappa shape index (κ1) is 19.0. The summed E-state index contributed by atoms with van der Waals surface area (Å²) in [6.07, 6.45) is -1.44. The molecule has 0 heterocycles. The highest BCUT2D eigenvalue weighted by molar-refractivity contribution is 5.95. The van der Waals surface area contributed by atoms with Crippen molar-refractivity contribution in [1.29, 1.82) is 0 Å². The van der Waals surface area contributed by atoms with Gasteiger partial charge in [-0.25, -0.2) is 0 Å². The molecular formula is C17H20F3NO2. The zero-order valence-corrected chi connectivity index (χ0v) is 13.3. The highest BCUT2D eigenvalue weighted by Crippen LogP contribution is 2.43. The lowest BCUT2D eigenvalue weighted by Crippen LogP contribution is -2.49. The Morgan fingerprint density at radius 2 is 1.91 bits per heavy atom. The van der Waals surface area contributed by atoms with E-state index in [0.29, 0.717) is 5.56 Å². The van der Waals surface area contributed by atoms with Crippen LogP contribution in [0.25, 0.3) is 0 Å². The number of hydrogen-bond donors (Lipinski definition) is 2. The van der Waals surface area contributed by atoms with E-state index in [4.69, 9.17) is 12.2 Å². The van der Waals surface area contributed by atoms with Gasteiger partial charge in [0, 0.05) is 12.0 Å². The van der Waals surface area contributed by atoms with E-state index in [-0.39, 0.29) is 5.56 Å². The first-order chi connectivity index (χ1) is 10.3. The summed E-state index contributed by atoms with van der Waals surface area (Å²) in [5, 5.41) is 10.0. The number of amides is 1. The third-order valence-corrected chi connectivity index (χ3v) is 3.83. The van der Waals surface area contributed by atoms with Crippen LogP contribution in [-0.2, 0) is 5.41 Å². The fraction of sp³-hybridized carbons (Fsp3) is 0.471. The third-order valence-electron chi connectivity index (χ3n) is 3.83. The summed E-state index contributed by atoms with van der Waals surface area (Å²) in [6.45, 7) is 4.77. The van der Waals surface area contributed by atoms with Gasteiger partial charge in [-0.2, -0.15) is 13.2 Å². The van der Waals surface area contributed by atoms with Crippen LogP contribution in [0, 0.1) is 19.3 Å². The first-order valence-electron chi connectivity index (χ1n) is 6.97. The van der Waals surface area contributed by atoms with E-state index in [2.05, 4.69) is 0 Å². The molecule has 0 saturated carbocycles. The monoisotopic (exact) mass is 327 g/mol. The number of alkyl halides is 3. The van der Waals surface area contributed by atoms with Crippen molar-refractivity contribution in [3.05, 3.63) is 34.9 Å². The lowest BCUT2D eigenvalue weighted by Gasteiger charge is -2.37. The second-order valence-corrected chi connectivity index (χ2v) is 6.38. The predicted octanol–water partition coefficient (Wildman–Crippen LogP) is 3.08. The molecule has 6 heteroatoms. The van der Waals surface area contributed by atoms with Crippen LogP contribution in [0.1, 0.15) is 48.2 Å². The summed E-state index contributed by atoms with van der Waals surface area (Å²) in [5.41, 5.74) is 2.37. The Morgan fingerprint density at radius 3 is 2.35 bits per heavy atom. The molecule has 0 aromatic heterocycles. The topological polar surface area (TPSA) is 63.3 Å². The second kappa shape index (κ2) is 6.25. The van der Waals surface area contributed by atoms with Crippen molar-refractivity contribution in [2.75, 3.05) is 0 Å². The maximum atomic E-state index is 13.2. The number of carbonyl (C=O) groups is 1. The summed E-state index contributed by atoms with van der Waals surface area (Å²) in [4.78, 5) is 11.6.